The molecule has 1 amide bonds. The van der Waals surface area contributed by atoms with E-state index in [1.54, 1.807) is 14.2 Å². The van der Waals surface area contributed by atoms with E-state index < -0.39 is 0 Å². The molecule has 0 atom stereocenters. The highest BCUT2D eigenvalue weighted by molar-refractivity contribution is 5.78. The van der Waals surface area contributed by atoms with Gasteiger partial charge in [0.2, 0.25) is 12.7 Å². The quantitative estimate of drug-likeness (QED) is 0.330. The standard InChI is InChI=1S/C31H42N2O5/c1-32(19-16-25-12-14-27(35-2)29(20-25)36-3)17-7-18-33(22-26-8-4-5-9-26)31(34)11-6-10-24-13-15-28-30(21-24)38-23-37-28/h6,10,12-15,20-21,26H,4-5,7-9,11,16-19,22-23H2,1-3H3. The molecule has 1 aliphatic heterocycles. The molecule has 0 saturated heterocycles. The summed E-state index contributed by atoms with van der Waals surface area (Å²) in [5.41, 5.74) is 2.24. The first-order valence-electron chi connectivity index (χ1n) is 13.8. The lowest BCUT2D eigenvalue weighted by Gasteiger charge is -2.27. The molecule has 7 nitrogen and oxygen atoms in total. The van der Waals surface area contributed by atoms with Gasteiger partial charge in [-0.3, -0.25) is 4.79 Å². The number of fused-ring (bicyclic) bond motifs is 1. The van der Waals surface area contributed by atoms with Crippen LogP contribution in [0.4, 0.5) is 0 Å². The van der Waals surface area contributed by atoms with Crippen molar-refractivity contribution in [1.82, 2.24) is 9.80 Å². The molecule has 0 unspecified atom stereocenters. The van der Waals surface area contributed by atoms with Crippen LogP contribution in [0, 0.1) is 5.92 Å². The lowest BCUT2D eigenvalue weighted by molar-refractivity contribution is -0.131. The maximum atomic E-state index is 13.2. The molecule has 0 bridgehead atoms. The third kappa shape index (κ3) is 7.90. The zero-order chi connectivity index (χ0) is 26.7. The van der Waals surface area contributed by atoms with E-state index in [1.165, 1.54) is 31.2 Å². The summed E-state index contributed by atoms with van der Waals surface area (Å²) >= 11 is 0. The predicted octanol–water partition coefficient (Wildman–Crippen LogP) is 5.42. The Kier molecular flexibility index (Phi) is 10.3. The van der Waals surface area contributed by atoms with Crippen LogP contribution in [0.1, 0.15) is 49.7 Å². The van der Waals surface area contributed by atoms with Crippen molar-refractivity contribution in [2.24, 2.45) is 5.92 Å². The number of nitrogens with zero attached hydrogens (tertiary/aromatic N) is 2. The molecule has 0 N–H and O–H groups in total. The highest BCUT2D eigenvalue weighted by atomic mass is 16.7. The van der Waals surface area contributed by atoms with Crippen molar-refractivity contribution in [1.29, 1.82) is 0 Å². The molecule has 4 rings (SSSR count). The van der Waals surface area contributed by atoms with Crippen LogP contribution in [-0.2, 0) is 11.2 Å². The van der Waals surface area contributed by atoms with Crippen molar-refractivity contribution in [2.75, 3.05) is 54.2 Å². The number of benzene rings is 2. The molecule has 2 aromatic carbocycles. The van der Waals surface area contributed by atoms with E-state index in [0.717, 1.165) is 67.6 Å². The second kappa shape index (κ2) is 14.1. The number of likely N-dealkylation sites (N-methyl/N-ethyl adjacent to an activating group) is 1. The SMILES string of the molecule is COc1ccc(CCN(C)CCCN(CC2CCCC2)C(=O)CC=Cc2ccc3c(c2)OCO3)cc1OC. The first-order valence-corrected chi connectivity index (χ1v) is 13.8. The lowest BCUT2D eigenvalue weighted by atomic mass is 10.1. The van der Waals surface area contributed by atoms with Gasteiger partial charge in [-0.25, -0.2) is 0 Å². The topological polar surface area (TPSA) is 60.5 Å². The van der Waals surface area contributed by atoms with E-state index in [0.29, 0.717) is 12.3 Å². The maximum Gasteiger partial charge on any atom is 0.231 e. The fourth-order valence-corrected chi connectivity index (χ4v) is 5.26. The average Bonchev–Trinajstić information content (AvgIpc) is 3.63. The molecule has 0 spiro atoms. The van der Waals surface area contributed by atoms with Gasteiger partial charge in [0.1, 0.15) is 0 Å². The third-order valence-corrected chi connectivity index (χ3v) is 7.50. The summed E-state index contributed by atoms with van der Waals surface area (Å²) in [6, 6.07) is 12.0. The summed E-state index contributed by atoms with van der Waals surface area (Å²) < 4.78 is 21.6. The second-order valence-corrected chi connectivity index (χ2v) is 10.3. The van der Waals surface area contributed by atoms with Crippen LogP contribution in [0.3, 0.4) is 0 Å². The Balaban J connectivity index is 1.25. The number of hydrogen-bond donors (Lipinski definition) is 0. The predicted molar refractivity (Wildman–Crippen MR) is 150 cm³/mol. The van der Waals surface area contributed by atoms with Crippen LogP contribution in [0.25, 0.3) is 6.08 Å². The summed E-state index contributed by atoms with van der Waals surface area (Å²) in [4.78, 5) is 17.6. The fraction of sp³-hybridized carbons (Fsp3) is 0.516. The fourth-order valence-electron chi connectivity index (χ4n) is 5.26. The van der Waals surface area contributed by atoms with Crippen LogP contribution in [-0.4, -0.2) is 69.9 Å². The zero-order valence-electron chi connectivity index (χ0n) is 23.1. The molecule has 2 aromatic rings. The molecule has 2 aliphatic rings. The van der Waals surface area contributed by atoms with Gasteiger partial charge in [-0.1, -0.05) is 37.1 Å². The number of rotatable bonds is 14. The molecule has 0 radical (unpaired) electrons. The van der Waals surface area contributed by atoms with Gasteiger partial charge in [-0.15, -0.1) is 0 Å². The van der Waals surface area contributed by atoms with Gasteiger partial charge in [0.25, 0.3) is 0 Å². The molecule has 38 heavy (non-hydrogen) atoms. The summed E-state index contributed by atoms with van der Waals surface area (Å²) in [5, 5.41) is 0. The van der Waals surface area contributed by atoms with E-state index in [9.17, 15) is 4.79 Å². The Labute approximate surface area is 227 Å². The minimum Gasteiger partial charge on any atom is -0.493 e. The molecule has 1 fully saturated rings. The number of hydrogen-bond acceptors (Lipinski definition) is 6. The highest BCUT2D eigenvalue weighted by Crippen LogP contribution is 2.33. The van der Waals surface area contributed by atoms with E-state index in [4.69, 9.17) is 18.9 Å². The molecule has 7 heteroatoms. The number of amides is 1. The third-order valence-electron chi connectivity index (χ3n) is 7.50. The van der Waals surface area contributed by atoms with Crippen molar-refractivity contribution in [2.45, 2.75) is 44.9 Å². The van der Waals surface area contributed by atoms with Crippen molar-refractivity contribution in [3.63, 3.8) is 0 Å². The Bertz CT molecular complexity index is 1080. The Morgan fingerprint density at radius 1 is 0.974 bits per heavy atom. The van der Waals surface area contributed by atoms with E-state index in [-0.39, 0.29) is 12.7 Å². The van der Waals surface area contributed by atoms with Gasteiger partial charge < -0.3 is 28.7 Å². The lowest BCUT2D eigenvalue weighted by Crippen LogP contribution is -2.36. The smallest absolute Gasteiger partial charge is 0.231 e. The van der Waals surface area contributed by atoms with Crippen LogP contribution >= 0.6 is 0 Å². The van der Waals surface area contributed by atoms with Crippen LogP contribution in [0.2, 0.25) is 0 Å². The van der Waals surface area contributed by atoms with E-state index in [1.807, 2.05) is 42.5 Å². The van der Waals surface area contributed by atoms with Gasteiger partial charge in [0.15, 0.2) is 23.0 Å². The first-order chi connectivity index (χ1) is 18.6. The molecule has 1 heterocycles. The zero-order valence-corrected chi connectivity index (χ0v) is 23.1. The van der Waals surface area contributed by atoms with Gasteiger partial charge in [0, 0.05) is 26.1 Å². The van der Waals surface area contributed by atoms with Gasteiger partial charge in [-0.05, 0) is 80.6 Å². The van der Waals surface area contributed by atoms with Gasteiger partial charge in [-0.2, -0.15) is 0 Å². The average molecular weight is 523 g/mol. The summed E-state index contributed by atoms with van der Waals surface area (Å²) in [6.45, 7) is 3.85. The molecular formula is C31H42N2O5. The van der Waals surface area contributed by atoms with Crippen molar-refractivity contribution < 1.29 is 23.7 Å². The minimum absolute atomic E-state index is 0.210. The first kappa shape index (κ1) is 27.8. The Morgan fingerprint density at radius 3 is 2.55 bits per heavy atom. The van der Waals surface area contributed by atoms with E-state index in [2.05, 4.69) is 22.9 Å². The number of carbonyl (C=O) groups is 1. The van der Waals surface area contributed by atoms with Crippen molar-refractivity contribution >= 4 is 12.0 Å². The second-order valence-electron chi connectivity index (χ2n) is 10.3. The number of ether oxygens (including phenoxy) is 4. The van der Waals surface area contributed by atoms with Crippen LogP contribution in [0.15, 0.2) is 42.5 Å². The molecular weight excluding hydrogens is 480 g/mol. The molecule has 1 saturated carbocycles. The number of methoxy groups -OCH3 is 2. The monoisotopic (exact) mass is 522 g/mol. The minimum atomic E-state index is 0.210. The van der Waals surface area contributed by atoms with Gasteiger partial charge in [0.05, 0.1) is 14.2 Å². The molecule has 206 valence electrons. The van der Waals surface area contributed by atoms with Crippen LogP contribution < -0.4 is 18.9 Å². The van der Waals surface area contributed by atoms with E-state index >= 15 is 0 Å². The molecule has 1 aliphatic carbocycles. The summed E-state index contributed by atoms with van der Waals surface area (Å²) in [7, 11) is 5.47. The highest BCUT2D eigenvalue weighted by Gasteiger charge is 2.21. The maximum absolute atomic E-state index is 13.2. The van der Waals surface area contributed by atoms with Crippen LogP contribution in [0.5, 0.6) is 23.0 Å². The number of carbonyl (C=O) groups excluding carboxylic acids is 1. The van der Waals surface area contributed by atoms with Crippen molar-refractivity contribution in [3.05, 3.63) is 53.6 Å². The summed E-state index contributed by atoms with van der Waals surface area (Å²) in [6.07, 6.45) is 11.3. The largest absolute Gasteiger partial charge is 0.493 e. The normalized spacial score (nSPS) is 14.9. The Morgan fingerprint density at radius 2 is 1.76 bits per heavy atom. The Hall–Kier alpha value is -3.19. The summed E-state index contributed by atoms with van der Waals surface area (Å²) in [5.74, 6) is 3.90. The van der Waals surface area contributed by atoms with Gasteiger partial charge >= 0.3 is 0 Å². The molecule has 0 aromatic heterocycles. The van der Waals surface area contributed by atoms with Crippen molar-refractivity contribution in [3.8, 4) is 23.0 Å².